The number of benzene rings is 2. The number of nitrogens with one attached hydrogen (secondary N) is 1. The lowest BCUT2D eigenvalue weighted by Crippen LogP contribution is -2.31. The van der Waals surface area contributed by atoms with Crippen LogP contribution in [0.4, 0.5) is 5.95 Å². The van der Waals surface area contributed by atoms with Gasteiger partial charge in [0, 0.05) is 11.8 Å². The van der Waals surface area contributed by atoms with E-state index >= 15 is 0 Å². The van der Waals surface area contributed by atoms with Crippen LogP contribution in [-0.4, -0.2) is 25.3 Å². The Balaban J connectivity index is 1.69. The van der Waals surface area contributed by atoms with Gasteiger partial charge in [0.1, 0.15) is 0 Å². The van der Waals surface area contributed by atoms with Crippen LogP contribution in [0.25, 0.3) is 16.7 Å². The Morgan fingerprint density at radius 1 is 1.04 bits per heavy atom. The summed E-state index contributed by atoms with van der Waals surface area (Å²) < 4.78 is 3.93. The van der Waals surface area contributed by atoms with Crippen LogP contribution in [-0.2, 0) is 0 Å². The summed E-state index contributed by atoms with van der Waals surface area (Å²) in [5.41, 5.74) is 10.8. The molecule has 3 N–H and O–H groups in total. The number of aryl methyl sites for hydroxylation is 1. The minimum absolute atomic E-state index is 0.309. The number of nitrogens with zero attached hydrogens (tertiary/aromatic N) is 5. The molecule has 7 nitrogen and oxygen atoms in total. The van der Waals surface area contributed by atoms with Gasteiger partial charge in [-0.25, -0.2) is 14.7 Å². The molecule has 0 radical (unpaired) electrons. The van der Waals surface area contributed by atoms with Gasteiger partial charge in [-0.2, -0.15) is 5.10 Å². The summed E-state index contributed by atoms with van der Waals surface area (Å²) in [5.74, 6) is 1.04. The second-order valence-electron chi connectivity index (χ2n) is 6.26. The number of rotatable bonds is 2. The summed E-state index contributed by atoms with van der Waals surface area (Å²) in [6.07, 6.45) is 1.70. The molecule has 0 aliphatic carbocycles. The van der Waals surface area contributed by atoms with Gasteiger partial charge in [0.15, 0.2) is 12.1 Å². The Labute approximate surface area is 149 Å². The van der Waals surface area contributed by atoms with E-state index < -0.39 is 0 Å². The van der Waals surface area contributed by atoms with E-state index in [1.54, 1.807) is 0 Å². The van der Waals surface area contributed by atoms with Crippen molar-refractivity contribution >= 4 is 22.9 Å². The topological polar surface area (TPSA) is 86.1 Å². The maximum atomic E-state index is 6.03. The highest BCUT2D eigenvalue weighted by Crippen LogP contribution is 2.33. The molecular weight excluding hydrogens is 326 g/mol. The molecule has 0 fully saturated rings. The molecule has 2 aromatic heterocycles. The van der Waals surface area contributed by atoms with E-state index in [0.717, 1.165) is 28.0 Å². The summed E-state index contributed by atoms with van der Waals surface area (Å²) in [6, 6.07) is 18.0. The largest absolute Gasteiger partial charge is 0.370 e. The van der Waals surface area contributed by atoms with Gasteiger partial charge in [-0.15, -0.1) is 0 Å². The maximum absolute atomic E-state index is 6.03. The van der Waals surface area contributed by atoms with Gasteiger partial charge in [0.2, 0.25) is 5.95 Å². The molecule has 0 amide bonds. The highest BCUT2D eigenvalue weighted by Gasteiger charge is 2.27. The van der Waals surface area contributed by atoms with Crippen molar-refractivity contribution in [2.75, 3.05) is 5.32 Å². The van der Waals surface area contributed by atoms with Crippen molar-refractivity contribution in [2.45, 2.75) is 13.1 Å². The molecule has 1 unspecified atom stereocenters. The third kappa shape index (κ3) is 2.17. The molecule has 26 heavy (non-hydrogen) atoms. The smallest absolute Gasteiger partial charge is 0.212 e. The van der Waals surface area contributed by atoms with Crippen LogP contribution in [0.2, 0.25) is 0 Å². The highest BCUT2D eigenvalue weighted by atomic mass is 15.4. The standard InChI is InChI=1S/C19H17N7/c1-12-14(11-25(24-12)13-7-3-2-4-8-13)17-22-18(20)23-19-21-15-9-5-6-10-16(15)26(17)19/h2-11,17H,1H3,(H3,20,21,22,23). The number of aliphatic imine (C=N–C) groups is 1. The molecule has 5 rings (SSSR count). The van der Waals surface area contributed by atoms with Crippen LogP contribution >= 0.6 is 0 Å². The highest BCUT2D eigenvalue weighted by molar-refractivity contribution is 5.94. The number of anilines is 1. The Morgan fingerprint density at radius 2 is 1.81 bits per heavy atom. The van der Waals surface area contributed by atoms with E-state index in [9.17, 15) is 0 Å². The zero-order chi connectivity index (χ0) is 17.7. The number of fused-ring (bicyclic) bond motifs is 3. The molecule has 128 valence electrons. The summed E-state index contributed by atoms with van der Waals surface area (Å²) in [4.78, 5) is 9.27. The van der Waals surface area contributed by atoms with Crippen molar-refractivity contribution in [3.05, 3.63) is 72.1 Å². The molecule has 1 aliphatic heterocycles. The minimum atomic E-state index is -0.309. The normalized spacial score (nSPS) is 16.2. The molecule has 0 saturated heterocycles. The second kappa shape index (κ2) is 5.45. The van der Waals surface area contributed by atoms with Crippen molar-refractivity contribution in [1.29, 1.82) is 0 Å². The van der Waals surface area contributed by atoms with Gasteiger partial charge >= 0.3 is 0 Å². The minimum Gasteiger partial charge on any atom is -0.370 e. The number of guanidine groups is 1. The third-order valence-electron chi connectivity index (χ3n) is 4.58. The van der Waals surface area contributed by atoms with Crippen molar-refractivity contribution < 1.29 is 0 Å². The van der Waals surface area contributed by atoms with E-state index in [1.165, 1.54) is 0 Å². The number of hydrogen-bond acceptors (Lipinski definition) is 5. The predicted molar refractivity (Wildman–Crippen MR) is 101 cm³/mol. The average molecular weight is 343 g/mol. The molecular formula is C19H17N7. The maximum Gasteiger partial charge on any atom is 0.212 e. The SMILES string of the molecule is Cc1nn(-c2ccccc2)cc1C1N=C(N)Nc2nc3ccccc3n21. The number of para-hydroxylation sites is 3. The van der Waals surface area contributed by atoms with Crippen molar-refractivity contribution in [1.82, 2.24) is 19.3 Å². The van der Waals surface area contributed by atoms with Gasteiger partial charge in [-0.3, -0.25) is 9.88 Å². The summed E-state index contributed by atoms with van der Waals surface area (Å²) in [5, 5.41) is 7.73. The fourth-order valence-corrected chi connectivity index (χ4v) is 3.37. The lowest BCUT2D eigenvalue weighted by molar-refractivity contribution is 0.622. The second-order valence-corrected chi connectivity index (χ2v) is 6.26. The number of aromatic nitrogens is 4. The van der Waals surface area contributed by atoms with E-state index in [1.807, 2.05) is 72.4 Å². The van der Waals surface area contributed by atoms with E-state index in [2.05, 4.69) is 25.0 Å². The summed E-state index contributed by atoms with van der Waals surface area (Å²) in [6.45, 7) is 1.99. The van der Waals surface area contributed by atoms with Crippen LogP contribution < -0.4 is 11.1 Å². The van der Waals surface area contributed by atoms with Gasteiger partial charge in [-0.05, 0) is 31.2 Å². The first kappa shape index (κ1) is 14.7. The average Bonchev–Trinajstić information content (AvgIpc) is 3.22. The fourth-order valence-electron chi connectivity index (χ4n) is 3.37. The molecule has 0 spiro atoms. The fraction of sp³-hybridized carbons (Fsp3) is 0.105. The number of hydrogen-bond donors (Lipinski definition) is 2. The molecule has 1 atom stereocenters. The van der Waals surface area contributed by atoms with Crippen LogP contribution in [0.1, 0.15) is 17.4 Å². The van der Waals surface area contributed by atoms with Gasteiger partial charge in [-0.1, -0.05) is 30.3 Å². The Morgan fingerprint density at radius 3 is 2.65 bits per heavy atom. The molecule has 1 aliphatic rings. The van der Waals surface area contributed by atoms with Crippen molar-refractivity contribution in [2.24, 2.45) is 10.7 Å². The van der Waals surface area contributed by atoms with Gasteiger partial charge in [0.05, 0.1) is 22.4 Å². The summed E-state index contributed by atoms with van der Waals surface area (Å²) >= 11 is 0. The molecule has 3 heterocycles. The molecule has 4 aromatic rings. The van der Waals surface area contributed by atoms with Gasteiger partial charge in [0.25, 0.3) is 0 Å². The Kier molecular flexibility index (Phi) is 3.08. The predicted octanol–water partition coefficient (Wildman–Crippen LogP) is 2.82. The number of nitrogens with two attached hydrogens (primary N) is 1. The third-order valence-corrected chi connectivity index (χ3v) is 4.58. The van der Waals surface area contributed by atoms with E-state index in [0.29, 0.717) is 11.9 Å². The lowest BCUT2D eigenvalue weighted by Gasteiger charge is -2.23. The molecule has 0 bridgehead atoms. The number of imidazole rings is 1. The Bertz CT molecular complexity index is 1140. The zero-order valence-electron chi connectivity index (χ0n) is 14.2. The monoisotopic (exact) mass is 343 g/mol. The first-order valence-corrected chi connectivity index (χ1v) is 8.39. The molecule has 7 heteroatoms. The Hall–Kier alpha value is -3.61. The zero-order valence-corrected chi connectivity index (χ0v) is 14.2. The molecule has 2 aromatic carbocycles. The lowest BCUT2D eigenvalue weighted by atomic mass is 10.2. The van der Waals surface area contributed by atoms with Crippen molar-refractivity contribution in [3.8, 4) is 5.69 Å². The van der Waals surface area contributed by atoms with Crippen LogP contribution in [0.5, 0.6) is 0 Å². The van der Waals surface area contributed by atoms with Crippen LogP contribution in [0, 0.1) is 6.92 Å². The van der Waals surface area contributed by atoms with E-state index in [4.69, 9.17) is 5.73 Å². The first-order chi connectivity index (χ1) is 12.7. The summed E-state index contributed by atoms with van der Waals surface area (Å²) in [7, 11) is 0. The molecule has 0 saturated carbocycles. The van der Waals surface area contributed by atoms with E-state index in [-0.39, 0.29) is 6.17 Å². The quantitative estimate of drug-likeness (QED) is 0.586. The van der Waals surface area contributed by atoms with Crippen LogP contribution in [0.3, 0.4) is 0 Å². The van der Waals surface area contributed by atoms with Crippen molar-refractivity contribution in [3.63, 3.8) is 0 Å². The first-order valence-electron chi connectivity index (χ1n) is 8.39. The van der Waals surface area contributed by atoms with Gasteiger partial charge < -0.3 is 5.73 Å². The van der Waals surface area contributed by atoms with Crippen LogP contribution in [0.15, 0.2) is 65.8 Å².